The highest BCUT2D eigenvalue weighted by Gasteiger charge is 2.11. The van der Waals surface area contributed by atoms with Crippen LogP contribution in [0.2, 0.25) is 0 Å². The van der Waals surface area contributed by atoms with Crippen LogP contribution < -0.4 is 10.6 Å². The second-order valence-electron chi connectivity index (χ2n) is 3.71. The Labute approximate surface area is 99.4 Å². The first-order chi connectivity index (χ1) is 8.29. The molecule has 0 bridgehead atoms. The number of aromatic nitrogens is 2. The summed E-state index contributed by atoms with van der Waals surface area (Å²) in [6, 6.07) is 4.30. The molecule has 0 saturated carbocycles. The molecule has 2 rings (SSSR count). The second kappa shape index (κ2) is 5.49. The molecule has 0 amide bonds. The summed E-state index contributed by atoms with van der Waals surface area (Å²) in [5, 5.41) is 13.9. The van der Waals surface area contributed by atoms with Crippen molar-refractivity contribution in [2.75, 3.05) is 18.9 Å². The Morgan fingerprint density at radius 3 is 3.00 bits per heavy atom. The molecule has 0 aliphatic carbocycles. The quantitative estimate of drug-likeness (QED) is 0.793. The third-order valence-electron chi connectivity index (χ3n) is 2.47. The SMILES string of the molecule is CNC(C)c1nnc(NCCc2ccco2)o1. The van der Waals surface area contributed by atoms with Crippen LogP contribution in [0.1, 0.15) is 24.6 Å². The molecular weight excluding hydrogens is 220 g/mol. The molecule has 1 atom stereocenters. The lowest BCUT2D eigenvalue weighted by molar-refractivity contribution is 0.440. The van der Waals surface area contributed by atoms with Gasteiger partial charge in [0, 0.05) is 13.0 Å². The van der Waals surface area contributed by atoms with Crippen LogP contribution in [0.15, 0.2) is 27.2 Å². The number of hydrogen-bond donors (Lipinski definition) is 2. The maximum Gasteiger partial charge on any atom is 0.315 e. The molecular formula is C11H16N4O2. The van der Waals surface area contributed by atoms with Gasteiger partial charge in [0.1, 0.15) is 5.76 Å². The Balaban J connectivity index is 1.81. The Kier molecular flexibility index (Phi) is 3.77. The topological polar surface area (TPSA) is 76.1 Å². The van der Waals surface area contributed by atoms with Crippen LogP contribution in [0.3, 0.4) is 0 Å². The number of furan rings is 1. The van der Waals surface area contributed by atoms with Gasteiger partial charge in [-0.3, -0.25) is 0 Å². The summed E-state index contributed by atoms with van der Waals surface area (Å²) in [5.74, 6) is 1.51. The fourth-order valence-corrected chi connectivity index (χ4v) is 1.35. The Bertz CT molecular complexity index is 438. The van der Waals surface area contributed by atoms with E-state index in [0.29, 0.717) is 18.5 Å². The largest absolute Gasteiger partial charge is 0.469 e. The number of hydrogen-bond acceptors (Lipinski definition) is 6. The van der Waals surface area contributed by atoms with Crippen molar-refractivity contribution in [1.82, 2.24) is 15.5 Å². The fraction of sp³-hybridized carbons (Fsp3) is 0.455. The number of rotatable bonds is 6. The Hall–Kier alpha value is -1.82. The molecule has 2 N–H and O–H groups in total. The number of anilines is 1. The van der Waals surface area contributed by atoms with Crippen LogP contribution in [0.5, 0.6) is 0 Å². The van der Waals surface area contributed by atoms with Crippen LogP contribution >= 0.6 is 0 Å². The van der Waals surface area contributed by atoms with E-state index in [9.17, 15) is 0 Å². The standard InChI is InChI=1S/C11H16N4O2/c1-8(12-2)10-14-15-11(17-10)13-6-5-9-4-3-7-16-9/h3-4,7-8,12H,5-6H2,1-2H3,(H,13,15). The van der Waals surface area contributed by atoms with E-state index < -0.39 is 0 Å². The van der Waals surface area contributed by atoms with Crippen LogP contribution in [-0.4, -0.2) is 23.8 Å². The molecule has 1 unspecified atom stereocenters. The lowest BCUT2D eigenvalue weighted by Gasteiger charge is -2.02. The molecule has 0 spiro atoms. The van der Waals surface area contributed by atoms with Crippen LogP contribution in [-0.2, 0) is 6.42 Å². The molecule has 6 heteroatoms. The van der Waals surface area contributed by atoms with Gasteiger partial charge in [0.15, 0.2) is 0 Å². The van der Waals surface area contributed by atoms with Gasteiger partial charge in [-0.1, -0.05) is 5.10 Å². The van der Waals surface area contributed by atoms with E-state index in [1.54, 1.807) is 6.26 Å². The van der Waals surface area contributed by atoms with E-state index in [1.165, 1.54) is 0 Å². The van der Waals surface area contributed by atoms with Gasteiger partial charge >= 0.3 is 6.01 Å². The predicted molar refractivity (Wildman–Crippen MR) is 62.7 cm³/mol. The maximum absolute atomic E-state index is 5.43. The van der Waals surface area contributed by atoms with Crippen molar-refractivity contribution in [2.45, 2.75) is 19.4 Å². The summed E-state index contributed by atoms with van der Waals surface area (Å²) in [6.07, 6.45) is 2.45. The van der Waals surface area contributed by atoms with Crippen molar-refractivity contribution in [2.24, 2.45) is 0 Å². The molecule has 0 aliphatic rings. The zero-order chi connectivity index (χ0) is 12.1. The molecule has 0 aliphatic heterocycles. The molecule has 2 aromatic heterocycles. The van der Waals surface area contributed by atoms with Crippen LogP contribution in [0.25, 0.3) is 0 Å². The van der Waals surface area contributed by atoms with E-state index in [1.807, 2.05) is 26.1 Å². The molecule has 0 radical (unpaired) electrons. The van der Waals surface area contributed by atoms with Gasteiger partial charge < -0.3 is 19.5 Å². The molecule has 2 aromatic rings. The zero-order valence-corrected chi connectivity index (χ0v) is 9.93. The minimum absolute atomic E-state index is 0.0584. The molecule has 17 heavy (non-hydrogen) atoms. The van der Waals surface area contributed by atoms with E-state index in [-0.39, 0.29) is 6.04 Å². The van der Waals surface area contributed by atoms with Crippen molar-refractivity contribution in [1.29, 1.82) is 0 Å². The van der Waals surface area contributed by atoms with Crippen LogP contribution in [0, 0.1) is 0 Å². The summed E-state index contributed by atoms with van der Waals surface area (Å²) in [7, 11) is 1.85. The number of nitrogens with zero attached hydrogens (tertiary/aromatic N) is 2. The molecule has 6 nitrogen and oxygen atoms in total. The molecule has 0 aromatic carbocycles. The van der Waals surface area contributed by atoms with Gasteiger partial charge in [-0.15, -0.1) is 5.10 Å². The maximum atomic E-state index is 5.43. The Morgan fingerprint density at radius 2 is 2.29 bits per heavy atom. The lowest BCUT2D eigenvalue weighted by Crippen LogP contribution is -2.12. The monoisotopic (exact) mass is 236 g/mol. The summed E-state index contributed by atoms with van der Waals surface area (Å²) in [6.45, 7) is 2.66. The third kappa shape index (κ3) is 3.07. The third-order valence-corrected chi connectivity index (χ3v) is 2.47. The smallest absolute Gasteiger partial charge is 0.315 e. The first-order valence-electron chi connectivity index (χ1n) is 5.56. The fourth-order valence-electron chi connectivity index (χ4n) is 1.35. The van der Waals surface area contributed by atoms with Crippen molar-refractivity contribution >= 4 is 6.01 Å². The summed E-state index contributed by atoms with van der Waals surface area (Å²) in [4.78, 5) is 0. The summed E-state index contributed by atoms with van der Waals surface area (Å²) in [5.41, 5.74) is 0. The average Bonchev–Trinajstić information content (AvgIpc) is 2.99. The van der Waals surface area contributed by atoms with E-state index in [0.717, 1.165) is 12.2 Å². The van der Waals surface area contributed by atoms with Gasteiger partial charge in [0.05, 0.1) is 12.3 Å². The second-order valence-corrected chi connectivity index (χ2v) is 3.71. The number of nitrogens with one attached hydrogen (secondary N) is 2. The highest BCUT2D eigenvalue weighted by Crippen LogP contribution is 2.12. The van der Waals surface area contributed by atoms with Gasteiger partial charge in [-0.05, 0) is 26.1 Å². The normalized spacial score (nSPS) is 12.6. The summed E-state index contributed by atoms with van der Waals surface area (Å²) < 4.78 is 10.6. The van der Waals surface area contributed by atoms with E-state index in [2.05, 4.69) is 20.8 Å². The highest BCUT2D eigenvalue weighted by atomic mass is 16.4. The van der Waals surface area contributed by atoms with Crippen molar-refractivity contribution < 1.29 is 8.83 Å². The lowest BCUT2D eigenvalue weighted by atomic mass is 10.3. The van der Waals surface area contributed by atoms with Crippen molar-refractivity contribution in [3.63, 3.8) is 0 Å². The first kappa shape index (κ1) is 11.7. The molecule has 0 saturated heterocycles. The van der Waals surface area contributed by atoms with E-state index in [4.69, 9.17) is 8.83 Å². The van der Waals surface area contributed by atoms with Crippen molar-refractivity contribution in [3.05, 3.63) is 30.0 Å². The minimum atomic E-state index is 0.0584. The van der Waals surface area contributed by atoms with Gasteiger partial charge in [0.2, 0.25) is 5.89 Å². The molecule has 92 valence electrons. The average molecular weight is 236 g/mol. The Morgan fingerprint density at radius 1 is 1.41 bits per heavy atom. The van der Waals surface area contributed by atoms with Gasteiger partial charge in [-0.25, -0.2) is 0 Å². The predicted octanol–water partition coefficient (Wildman–Crippen LogP) is 1.60. The van der Waals surface area contributed by atoms with Crippen molar-refractivity contribution in [3.8, 4) is 0 Å². The minimum Gasteiger partial charge on any atom is -0.469 e. The highest BCUT2D eigenvalue weighted by molar-refractivity contribution is 5.18. The summed E-state index contributed by atoms with van der Waals surface area (Å²) >= 11 is 0. The van der Waals surface area contributed by atoms with Gasteiger partial charge in [-0.2, -0.15) is 0 Å². The van der Waals surface area contributed by atoms with E-state index >= 15 is 0 Å². The van der Waals surface area contributed by atoms with Gasteiger partial charge in [0.25, 0.3) is 0 Å². The zero-order valence-electron chi connectivity index (χ0n) is 9.93. The molecule has 0 fully saturated rings. The van der Waals surface area contributed by atoms with Crippen LogP contribution in [0.4, 0.5) is 6.01 Å². The first-order valence-corrected chi connectivity index (χ1v) is 5.56. The molecule has 2 heterocycles.